The highest BCUT2D eigenvalue weighted by Gasteiger charge is 2.35. The fourth-order valence-corrected chi connectivity index (χ4v) is 2.11. The fraction of sp³-hybridized carbons (Fsp3) is 0.455. The van der Waals surface area contributed by atoms with Crippen molar-refractivity contribution in [1.29, 1.82) is 0 Å². The highest BCUT2D eigenvalue weighted by atomic mass is 35.5. The number of ether oxygens (including phenoxy) is 1. The second-order valence-corrected chi connectivity index (χ2v) is 4.43. The van der Waals surface area contributed by atoms with Gasteiger partial charge in [0.25, 0.3) is 5.56 Å². The standard InChI is InChI=1S/C11H13ClN2O5/c12-2-1-6-4-14(11(18)13-9(6)17)10-8(16)3-7(5-15)19-10/h1-2,4,7-8,10,15-16H,3,5H2,(H,13,17,18)/b2-1+/t7-,8+,10+/m0/s1. The molecule has 3 N–H and O–H groups in total. The summed E-state index contributed by atoms with van der Waals surface area (Å²) in [4.78, 5) is 25.3. The van der Waals surface area contributed by atoms with Crippen molar-refractivity contribution >= 4 is 17.7 Å². The maximum Gasteiger partial charge on any atom is 0.330 e. The Balaban J connectivity index is 2.42. The lowest BCUT2D eigenvalue weighted by Crippen LogP contribution is -2.36. The zero-order chi connectivity index (χ0) is 14.0. The van der Waals surface area contributed by atoms with Gasteiger partial charge in [0.15, 0.2) is 6.23 Å². The summed E-state index contributed by atoms with van der Waals surface area (Å²) in [6.45, 7) is -0.250. The molecule has 1 fully saturated rings. The van der Waals surface area contributed by atoms with Gasteiger partial charge in [-0.15, -0.1) is 0 Å². The molecular weight excluding hydrogens is 276 g/mol. The Morgan fingerprint density at radius 1 is 1.58 bits per heavy atom. The summed E-state index contributed by atoms with van der Waals surface area (Å²) in [7, 11) is 0. The highest BCUT2D eigenvalue weighted by Crippen LogP contribution is 2.27. The minimum absolute atomic E-state index is 0.165. The molecular formula is C11H13ClN2O5. The summed E-state index contributed by atoms with van der Waals surface area (Å²) in [5, 5.41) is 18.8. The molecule has 7 nitrogen and oxygen atoms in total. The molecule has 2 heterocycles. The van der Waals surface area contributed by atoms with Crippen molar-refractivity contribution in [2.24, 2.45) is 0 Å². The van der Waals surface area contributed by atoms with Crippen LogP contribution in [0.4, 0.5) is 0 Å². The van der Waals surface area contributed by atoms with Gasteiger partial charge in [0.05, 0.1) is 18.3 Å². The number of nitrogens with zero attached hydrogens (tertiary/aromatic N) is 1. The van der Waals surface area contributed by atoms with Gasteiger partial charge in [-0.25, -0.2) is 4.79 Å². The number of hydrogen-bond donors (Lipinski definition) is 3. The minimum atomic E-state index is -0.941. The van der Waals surface area contributed by atoms with Gasteiger partial charge in [-0.3, -0.25) is 14.3 Å². The summed E-state index contributed by atoms with van der Waals surface area (Å²) < 4.78 is 6.42. The lowest BCUT2D eigenvalue weighted by atomic mass is 10.2. The van der Waals surface area contributed by atoms with Crippen LogP contribution in [0.3, 0.4) is 0 Å². The molecule has 1 aromatic heterocycles. The zero-order valence-corrected chi connectivity index (χ0v) is 10.6. The van der Waals surface area contributed by atoms with E-state index in [0.29, 0.717) is 0 Å². The molecule has 104 valence electrons. The van der Waals surface area contributed by atoms with E-state index in [1.165, 1.54) is 12.3 Å². The number of halogens is 1. The van der Waals surface area contributed by atoms with Gasteiger partial charge in [0, 0.05) is 18.2 Å². The van der Waals surface area contributed by atoms with Crippen LogP contribution in [0.15, 0.2) is 21.3 Å². The summed E-state index contributed by atoms with van der Waals surface area (Å²) in [5.41, 5.74) is 0.0311. The zero-order valence-electron chi connectivity index (χ0n) is 9.82. The number of hydrogen-bond acceptors (Lipinski definition) is 5. The van der Waals surface area contributed by atoms with Crippen LogP contribution < -0.4 is 11.2 Å². The topological polar surface area (TPSA) is 105 Å². The first-order valence-electron chi connectivity index (χ1n) is 5.63. The van der Waals surface area contributed by atoms with E-state index in [1.807, 2.05) is 0 Å². The van der Waals surface area contributed by atoms with Gasteiger partial charge in [-0.1, -0.05) is 11.6 Å². The van der Waals surface area contributed by atoms with Gasteiger partial charge >= 0.3 is 5.69 Å². The predicted molar refractivity (Wildman–Crippen MR) is 67.8 cm³/mol. The monoisotopic (exact) mass is 288 g/mol. The number of aromatic nitrogens is 2. The van der Waals surface area contributed by atoms with Crippen molar-refractivity contribution in [3.63, 3.8) is 0 Å². The second-order valence-electron chi connectivity index (χ2n) is 4.18. The van der Waals surface area contributed by atoms with Crippen LogP contribution in [-0.4, -0.2) is 38.6 Å². The van der Waals surface area contributed by atoms with E-state index < -0.39 is 29.7 Å². The van der Waals surface area contributed by atoms with Crippen LogP contribution >= 0.6 is 11.6 Å². The smallest absolute Gasteiger partial charge is 0.330 e. The fourth-order valence-electron chi connectivity index (χ4n) is 1.97. The average molecular weight is 289 g/mol. The highest BCUT2D eigenvalue weighted by molar-refractivity contribution is 6.27. The summed E-state index contributed by atoms with van der Waals surface area (Å²) in [6.07, 6.45) is 0.380. The number of aromatic amines is 1. The van der Waals surface area contributed by atoms with Crippen molar-refractivity contribution in [3.05, 3.63) is 38.1 Å². The van der Waals surface area contributed by atoms with E-state index >= 15 is 0 Å². The maximum atomic E-state index is 11.7. The first-order valence-corrected chi connectivity index (χ1v) is 6.07. The molecule has 0 aliphatic carbocycles. The van der Waals surface area contributed by atoms with Crippen molar-refractivity contribution in [3.8, 4) is 0 Å². The molecule has 1 aliphatic rings. The van der Waals surface area contributed by atoms with E-state index in [2.05, 4.69) is 4.98 Å². The van der Waals surface area contributed by atoms with Crippen LogP contribution in [0.5, 0.6) is 0 Å². The molecule has 19 heavy (non-hydrogen) atoms. The summed E-state index contributed by atoms with van der Waals surface area (Å²) in [5.74, 6) is 0. The quantitative estimate of drug-likeness (QED) is 0.688. The predicted octanol–water partition coefficient (Wildman–Crippen LogP) is -0.613. The molecule has 0 bridgehead atoms. The van der Waals surface area contributed by atoms with E-state index in [4.69, 9.17) is 21.4 Å². The van der Waals surface area contributed by atoms with Crippen molar-refractivity contribution in [2.75, 3.05) is 6.61 Å². The van der Waals surface area contributed by atoms with Crippen LogP contribution in [0, 0.1) is 0 Å². The molecule has 1 saturated heterocycles. The molecule has 0 aromatic carbocycles. The molecule has 0 amide bonds. The van der Waals surface area contributed by atoms with E-state index in [9.17, 15) is 14.7 Å². The Labute approximate surface area is 112 Å². The van der Waals surface area contributed by atoms with Crippen LogP contribution in [0.25, 0.3) is 6.08 Å². The Bertz CT molecular complexity index is 593. The molecule has 3 atom stereocenters. The van der Waals surface area contributed by atoms with Crippen LogP contribution in [0.1, 0.15) is 18.2 Å². The molecule has 0 radical (unpaired) electrons. The molecule has 8 heteroatoms. The first-order chi connectivity index (χ1) is 9.06. The van der Waals surface area contributed by atoms with Gasteiger partial charge in [-0.05, 0) is 6.08 Å². The van der Waals surface area contributed by atoms with Gasteiger partial charge in [-0.2, -0.15) is 0 Å². The first kappa shape index (κ1) is 14.0. The lowest BCUT2D eigenvalue weighted by Gasteiger charge is -2.17. The summed E-state index contributed by atoms with van der Waals surface area (Å²) >= 11 is 5.40. The Kier molecular flexibility index (Phi) is 4.20. The third-order valence-electron chi connectivity index (χ3n) is 2.88. The number of aliphatic hydroxyl groups excluding tert-OH is 2. The van der Waals surface area contributed by atoms with E-state index in [1.54, 1.807) is 0 Å². The largest absolute Gasteiger partial charge is 0.394 e. The maximum absolute atomic E-state index is 11.7. The van der Waals surface area contributed by atoms with Crippen molar-refractivity contribution in [2.45, 2.75) is 24.9 Å². The number of nitrogens with one attached hydrogen (secondary N) is 1. The number of aliphatic hydroxyl groups is 2. The Morgan fingerprint density at radius 2 is 2.32 bits per heavy atom. The molecule has 0 spiro atoms. The Morgan fingerprint density at radius 3 is 2.89 bits per heavy atom. The normalized spacial score (nSPS) is 27.2. The summed E-state index contributed by atoms with van der Waals surface area (Å²) in [6, 6.07) is 0. The minimum Gasteiger partial charge on any atom is -0.394 e. The number of rotatable bonds is 3. The van der Waals surface area contributed by atoms with Gasteiger partial charge < -0.3 is 14.9 Å². The Hall–Kier alpha value is -1.41. The molecule has 1 aromatic rings. The third-order valence-corrected chi connectivity index (χ3v) is 3.01. The van der Waals surface area contributed by atoms with Crippen molar-refractivity contribution < 1.29 is 14.9 Å². The lowest BCUT2D eigenvalue weighted by molar-refractivity contribution is -0.0530. The molecule has 0 unspecified atom stereocenters. The van der Waals surface area contributed by atoms with E-state index in [-0.39, 0.29) is 18.6 Å². The second kappa shape index (κ2) is 5.70. The number of H-pyrrole nitrogens is 1. The average Bonchev–Trinajstić information content (AvgIpc) is 2.74. The van der Waals surface area contributed by atoms with Gasteiger partial charge in [0.1, 0.15) is 6.10 Å². The molecule has 2 rings (SSSR count). The van der Waals surface area contributed by atoms with Crippen molar-refractivity contribution in [1.82, 2.24) is 9.55 Å². The van der Waals surface area contributed by atoms with Crippen LogP contribution in [-0.2, 0) is 4.74 Å². The molecule has 0 saturated carbocycles. The van der Waals surface area contributed by atoms with E-state index in [0.717, 1.165) is 10.1 Å². The van der Waals surface area contributed by atoms with Crippen LogP contribution in [0.2, 0.25) is 0 Å². The van der Waals surface area contributed by atoms with Gasteiger partial charge in [0.2, 0.25) is 0 Å². The molecule has 1 aliphatic heterocycles. The third kappa shape index (κ3) is 2.79. The SMILES string of the molecule is O=c1[nH]c(=O)n([C@@H]2O[C@H](CO)C[C@H]2O)cc1/C=C/Cl.